The molecule has 0 heterocycles. The number of hydrogen-bond donors (Lipinski definition) is 0. The zero-order valence-electron chi connectivity index (χ0n) is 21.8. The Morgan fingerprint density at radius 2 is 0.812 bits per heavy atom. The maximum Gasteiger partial charge on any atom is 0.0467 e. The van der Waals surface area contributed by atoms with Crippen LogP contribution in [0.2, 0.25) is 0 Å². The van der Waals surface area contributed by atoms with Crippen molar-refractivity contribution < 1.29 is 0 Å². The summed E-state index contributed by atoms with van der Waals surface area (Å²) in [6.07, 6.45) is 0. The highest BCUT2D eigenvalue weighted by Crippen LogP contribution is 2.39. The molecule has 0 saturated heterocycles. The zero-order valence-corrected chi connectivity index (χ0v) is 21.8. The van der Waals surface area contributed by atoms with Crippen LogP contribution >= 0.6 is 0 Å². The molecular weight excluding hydrogens is 386 g/mol. The van der Waals surface area contributed by atoms with E-state index in [1.165, 1.54) is 39.3 Å². The summed E-state index contributed by atoms with van der Waals surface area (Å²) in [4.78, 5) is 2.39. The molecule has 0 fully saturated rings. The Labute approximate surface area is 196 Å². The molecule has 0 bridgehead atoms. The Kier molecular flexibility index (Phi) is 6.35. The fourth-order valence-electron chi connectivity index (χ4n) is 3.99. The average molecular weight is 428 g/mol. The van der Waals surface area contributed by atoms with Gasteiger partial charge in [-0.1, -0.05) is 92.6 Å². The molecule has 3 aromatic carbocycles. The monoisotopic (exact) mass is 427 g/mol. The van der Waals surface area contributed by atoms with Gasteiger partial charge in [0.25, 0.3) is 0 Å². The molecule has 0 N–H and O–H groups in total. The normalized spacial score (nSPS) is 12.7. The van der Waals surface area contributed by atoms with Gasteiger partial charge < -0.3 is 4.90 Å². The van der Waals surface area contributed by atoms with Crippen LogP contribution in [0.4, 0.5) is 17.1 Å². The molecule has 3 rings (SSSR count). The number of rotatable bonds is 3. The topological polar surface area (TPSA) is 3.24 Å². The van der Waals surface area contributed by atoms with E-state index in [1.807, 2.05) is 0 Å². The largest absolute Gasteiger partial charge is 0.310 e. The van der Waals surface area contributed by atoms with Crippen molar-refractivity contribution >= 4 is 17.1 Å². The molecule has 1 heteroatoms. The van der Waals surface area contributed by atoms with Crippen LogP contribution in [0.1, 0.15) is 84.6 Å². The van der Waals surface area contributed by atoms with Gasteiger partial charge in [0.15, 0.2) is 0 Å². The second kappa shape index (κ2) is 8.43. The smallest absolute Gasteiger partial charge is 0.0467 e. The summed E-state index contributed by atoms with van der Waals surface area (Å²) in [6.45, 7) is 22.6. The third-order valence-corrected chi connectivity index (χ3v) is 6.17. The number of benzene rings is 3. The summed E-state index contributed by atoms with van der Waals surface area (Å²) >= 11 is 0. The lowest BCUT2D eigenvalue weighted by atomic mass is 9.85. The Morgan fingerprint density at radius 3 is 1.16 bits per heavy atom. The summed E-state index contributed by atoms with van der Waals surface area (Å²) in [5.74, 6) is 0. The maximum atomic E-state index is 2.39. The lowest BCUT2D eigenvalue weighted by Crippen LogP contribution is -2.16. The van der Waals surface area contributed by atoms with E-state index in [-0.39, 0.29) is 16.2 Å². The molecule has 0 saturated carbocycles. The molecular formula is C31H41N. The molecule has 0 amide bonds. The van der Waals surface area contributed by atoms with Crippen LogP contribution in [-0.2, 0) is 16.2 Å². The minimum atomic E-state index is 0.0959. The van der Waals surface area contributed by atoms with Crippen molar-refractivity contribution in [1.29, 1.82) is 0 Å². The first-order chi connectivity index (χ1) is 14.7. The van der Waals surface area contributed by atoms with Gasteiger partial charge in [0.2, 0.25) is 0 Å². The van der Waals surface area contributed by atoms with Gasteiger partial charge >= 0.3 is 0 Å². The van der Waals surface area contributed by atoms with E-state index in [0.717, 1.165) is 0 Å². The van der Waals surface area contributed by atoms with E-state index in [9.17, 15) is 0 Å². The molecule has 0 unspecified atom stereocenters. The van der Waals surface area contributed by atoms with E-state index in [4.69, 9.17) is 0 Å². The first-order valence-electron chi connectivity index (χ1n) is 11.8. The highest BCUT2D eigenvalue weighted by atomic mass is 15.1. The second-order valence-electron chi connectivity index (χ2n) is 12.2. The van der Waals surface area contributed by atoms with E-state index in [0.29, 0.717) is 0 Å². The molecule has 0 radical (unpaired) electrons. The summed E-state index contributed by atoms with van der Waals surface area (Å²) in [7, 11) is 0. The van der Waals surface area contributed by atoms with Crippen LogP contribution in [0.3, 0.4) is 0 Å². The van der Waals surface area contributed by atoms with Gasteiger partial charge in [-0.05, 0) is 81.8 Å². The van der Waals surface area contributed by atoms with Crippen molar-refractivity contribution in [3.05, 3.63) is 89.0 Å². The number of nitrogens with zero attached hydrogens (tertiary/aromatic N) is 1. The van der Waals surface area contributed by atoms with Crippen molar-refractivity contribution in [2.24, 2.45) is 0 Å². The molecule has 0 aliphatic rings. The van der Waals surface area contributed by atoms with Crippen LogP contribution in [0.5, 0.6) is 0 Å². The van der Waals surface area contributed by atoms with Gasteiger partial charge in [0, 0.05) is 17.1 Å². The van der Waals surface area contributed by atoms with Crippen LogP contribution in [0.25, 0.3) is 0 Å². The van der Waals surface area contributed by atoms with Gasteiger partial charge in [-0.3, -0.25) is 0 Å². The van der Waals surface area contributed by atoms with Gasteiger partial charge in [-0.15, -0.1) is 0 Å². The third kappa shape index (κ3) is 5.44. The van der Waals surface area contributed by atoms with Crippen molar-refractivity contribution in [3.63, 3.8) is 0 Å². The van der Waals surface area contributed by atoms with E-state index < -0.39 is 0 Å². The number of aryl methyl sites for hydroxylation is 1. The summed E-state index contributed by atoms with van der Waals surface area (Å²) in [5, 5.41) is 0. The van der Waals surface area contributed by atoms with Crippen molar-refractivity contribution in [2.75, 3.05) is 4.90 Å². The quantitative estimate of drug-likeness (QED) is 0.402. The Bertz CT molecular complexity index is 992. The fraction of sp³-hybridized carbons (Fsp3) is 0.419. The first-order valence-corrected chi connectivity index (χ1v) is 11.8. The Hall–Kier alpha value is -2.54. The van der Waals surface area contributed by atoms with Crippen molar-refractivity contribution in [2.45, 2.75) is 85.5 Å². The molecule has 0 aromatic heterocycles. The Balaban J connectivity index is 2.18. The molecule has 1 nitrogen and oxygen atoms in total. The molecule has 0 atom stereocenters. The average Bonchev–Trinajstić information content (AvgIpc) is 2.66. The zero-order chi connectivity index (χ0) is 23.9. The SMILES string of the molecule is Cc1cc(N(c2ccc(C(C)(C)C)cc2)c2ccc(C(C)(C)C)cc2)cc(C(C)(C)C)c1. The van der Waals surface area contributed by atoms with Gasteiger partial charge in [0.1, 0.15) is 0 Å². The fourth-order valence-corrected chi connectivity index (χ4v) is 3.99. The van der Waals surface area contributed by atoms with E-state index in [2.05, 4.69) is 141 Å². The molecule has 0 aliphatic carbocycles. The van der Waals surface area contributed by atoms with Crippen LogP contribution in [-0.4, -0.2) is 0 Å². The van der Waals surface area contributed by atoms with Gasteiger partial charge in [-0.2, -0.15) is 0 Å². The summed E-state index contributed by atoms with van der Waals surface area (Å²) in [5.41, 5.74) is 9.30. The molecule has 3 aromatic rings. The summed E-state index contributed by atoms with van der Waals surface area (Å²) in [6, 6.07) is 25.1. The van der Waals surface area contributed by atoms with Crippen molar-refractivity contribution in [1.82, 2.24) is 0 Å². The van der Waals surface area contributed by atoms with Gasteiger partial charge in [0.05, 0.1) is 0 Å². The predicted octanol–water partition coefficient (Wildman–Crippen LogP) is 9.36. The molecule has 170 valence electrons. The maximum absolute atomic E-state index is 2.39. The van der Waals surface area contributed by atoms with E-state index >= 15 is 0 Å². The number of hydrogen-bond acceptors (Lipinski definition) is 1. The lowest BCUT2D eigenvalue weighted by molar-refractivity contribution is 0.589. The van der Waals surface area contributed by atoms with E-state index in [1.54, 1.807) is 0 Å². The minimum absolute atomic E-state index is 0.0959. The molecule has 0 spiro atoms. The standard InChI is InChI=1S/C31H41N/c1-22-19-25(31(8,9)10)21-28(20-22)32(26-15-11-23(12-16-26)29(2,3)4)27-17-13-24(14-18-27)30(5,6)7/h11-21H,1-10H3. The van der Waals surface area contributed by atoms with Crippen molar-refractivity contribution in [3.8, 4) is 0 Å². The first kappa shape index (κ1) is 24.1. The second-order valence-corrected chi connectivity index (χ2v) is 12.2. The van der Waals surface area contributed by atoms with Crippen LogP contribution in [0, 0.1) is 6.92 Å². The number of anilines is 3. The van der Waals surface area contributed by atoms with Crippen LogP contribution in [0.15, 0.2) is 66.7 Å². The third-order valence-electron chi connectivity index (χ3n) is 6.17. The lowest BCUT2D eigenvalue weighted by Gasteiger charge is -2.30. The van der Waals surface area contributed by atoms with Crippen LogP contribution < -0.4 is 4.90 Å². The minimum Gasteiger partial charge on any atom is -0.310 e. The Morgan fingerprint density at radius 1 is 0.438 bits per heavy atom. The predicted molar refractivity (Wildman–Crippen MR) is 142 cm³/mol. The molecule has 0 aliphatic heterocycles. The molecule has 32 heavy (non-hydrogen) atoms. The highest BCUT2D eigenvalue weighted by Gasteiger charge is 2.21. The van der Waals surface area contributed by atoms with Gasteiger partial charge in [-0.25, -0.2) is 0 Å². The highest BCUT2D eigenvalue weighted by molar-refractivity contribution is 5.77. The summed E-state index contributed by atoms with van der Waals surface area (Å²) < 4.78 is 0.